The number of alkyl halides is 3. The molecule has 2 atom stereocenters. The summed E-state index contributed by atoms with van der Waals surface area (Å²) in [6.45, 7) is 9.23. The van der Waals surface area contributed by atoms with E-state index in [4.69, 9.17) is 4.98 Å². The predicted molar refractivity (Wildman–Crippen MR) is 140 cm³/mol. The molecule has 1 aliphatic heterocycles. The van der Waals surface area contributed by atoms with E-state index in [9.17, 15) is 13.2 Å². The summed E-state index contributed by atoms with van der Waals surface area (Å²) in [5.74, 6) is -0.191. The number of imidazole rings is 1. The average molecular weight is 563 g/mol. The van der Waals surface area contributed by atoms with Crippen molar-refractivity contribution >= 4 is 17.0 Å². The Morgan fingerprint density at radius 2 is 1.67 bits per heavy atom. The summed E-state index contributed by atoms with van der Waals surface area (Å²) in [6.07, 6.45) is -3.03. The van der Waals surface area contributed by atoms with Crippen molar-refractivity contribution in [2.75, 3.05) is 18.0 Å². The Hall–Kier alpha value is -2.49. The van der Waals surface area contributed by atoms with Gasteiger partial charge in [-0.1, -0.05) is 20.8 Å². The number of thiazole rings is 1. The molecule has 208 valence electrons. The summed E-state index contributed by atoms with van der Waals surface area (Å²) >= 11 is 1.68. The second kappa shape index (κ2) is 8.04. The fourth-order valence-electron chi connectivity index (χ4n) is 6.58. The molecule has 3 aliphatic carbocycles. The Labute approximate surface area is 228 Å². The number of piperidine rings is 1. The van der Waals surface area contributed by atoms with E-state index in [-0.39, 0.29) is 41.2 Å². The average Bonchev–Trinajstić information content (AvgIpc) is 3.81. The van der Waals surface area contributed by atoms with E-state index in [1.165, 1.54) is 23.6 Å². The van der Waals surface area contributed by atoms with Crippen LogP contribution in [0.3, 0.4) is 0 Å². The highest BCUT2D eigenvalue weighted by atomic mass is 32.1. The van der Waals surface area contributed by atoms with Crippen LogP contribution in [0.25, 0.3) is 5.69 Å². The van der Waals surface area contributed by atoms with Gasteiger partial charge in [-0.05, 0) is 56.6 Å². The molecule has 0 N–H and O–H groups in total. The van der Waals surface area contributed by atoms with E-state index < -0.39 is 23.2 Å². The molecule has 1 saturated heterocycles. The molecule has 0 radical (unpaired) electrons. The van der Waals surface area contributed by atoms with Crippen molar-refractivity contribution in [3.05, 3.63) is 57.1 Å². The van der Waals surface area contributed by atoms with Gasteiger partial charge < -0.3 is 4.90 Å². The van der Waals surface area contributed by atoms with Gasteiger partial charge in [0.2, 0.25) is 0 Å². The van der Waals surface area contributed by atoms with Gasteiger partial charge in [0.05, 0.1) is 22.1 Å². The van der Waals surface area contributed by atoms with Gasteiger partial charge in [0.15, 0.2) is 5.82 Å². The third-order valence-corrected chi connectivity index (χ3v) is 10.4. The predicted octanol–water partition coefficient (Wildman–Crippen LogP) is 7.53. The lowest BCUT2D eigenvalue weighted by Crippen LogP contribution is -2.30. The van der Waals surface area contributed by atoms with E-state index in [1.807, 2.05) is 4.90 Å². The molecule has 0 bridgehead atoms. The van der Waals surface area contributed by atoms with Crippen LogP contribution in [0.1, 0.15) is 86.2 Å². The number of anilines is 1. The molecular formula is C29H31F5N4S. The fraction of sp³-hybridized carbons (Fsp3) is 0.586. The molecule has 1 aromatic carbocycles. The normalized spacial score (nSPS) is 25.8. The summed E-state index contributed by atoms with van der Waals surface area (Å²) in [5, 5.41) is 3.24. The molecule has 3 saturated carbocycles. The summed E-state index contributed by atoms with van der Waals surface area (Å²) < 4.78 is 74.9. The molecule has 39 heavy (non-hydrogen) atoms. The van der Waals surface area contributed by atoms with Crippen molar-refractivity contribution in [2.24, 2.45) is 11.8 Å². The fourth-order valence-corrected chi connectivity index (χ4v) is 7.53. The quantitative estimate of drug-likeness (QED) is 0.302. The lowest BCUT2D eigenvalue weighted by atomic mass is 9.98. The molecule has 4 fully saturated rings. The first-order valence-corrected chi connectivity index (χ1v) is 14.6. The van der Waals surface area contributed by atoms with Gasteiger partial charge in [0.1, 0.15) is 22.7 Å². The molecule has 2 unspecified atom stereocenters. The van der Waals surface area contributed by atoms with Gasteiger partial charge in [-0.25, -0.2) is 18.7 Å². The summed E-state index contributed by atoms with van der Waals surface area (Å²) in [7, 11) is 0. The van der Waals surface area contributed by atoms with Crippen molar-refractivity contribution in [1.82, 2.24) is 14.5 Å². The number of benzene rings is 1. The Kier molecular flexibility index (Phi) is 5.25. The van der Waals surface area contributed by atoms with E-state index in [1.54, 1.807) is 11.3 Å². The maximum absolute atomic E-state index is 16.2. The zero-order chi connectivity index (χ0) is 27.6. The van der Waals surface area contributed by atoms with E-state index in [2.05, 4.69) is 31.1 Å². The number of hydrogen-bond acceptors (Lipinski definition) is 4. The highest BCUT2D eigenvalue weighted by molar-refractivity contribution is 7.09. The highest BCUT2D eigenvalue weighted by Gasteiger charge is 2.66. The molecular weight excluding hydrogens is 531 g/mol. The third kappa shape index (κ3) is 3.79. The van der Waals surface area contributed by atoms with Crippen LogP contribution in [0.5, 0.6) is 0 Å². The second-order valence-electron chi connectivity index (χ2n) is 12.9. The van der Waals surface area contributed by atoms with Gasteiger partial charge in [0.25, 0.3) is 0 Å². The minimum Gasteiger partial charge on any atom is -0.368 e. The Bertz CT molecular complexity index is 1460. The highest BCUT2D eigenvalue weighted by Crippen LogP contribution is 2.61. The minimum absolute atomic E-state index is 0.00349. The van der Waals surface area contributed by atoms with Crippen LogP contribution < -0.4 is 4.90 Å². The molecule has 4 nitrogen and oxygen atoms in total. The first-order valence-electron chi connectivity index (χ1n) is 13.7. The van der Waals surface area contributed by atoms with Crippen molar-refractivity contribution in [2.45, 2.75) is 82.2 Å². The van der Waals surface area contributed by atoms with Gasteiger partial charge in [-0.3, -0.25) is 4.57 Å². The molecule has 0 amide bonds. The van der Waals surface area contributed by atoms with Gasteiger partial charge >= 0.3 is 6.18 Å². The smallest absolute Gasteiger partial charge is 0.368 e. The molecule has 7 rings (SSSR count). The number of halogens is 5. The maximum Gasteiger partial charge on any atom is 0.400 e. The zero-order valence-corrected chi connectivity index (χ0v) is 23.2. The summed E-state index contributed by atoms with van der Waals surface area (Å²) in [4.78, 5) is 11.3. The van der Waals surface area contributed by atoms with Gasteiger partial charge in [-0.2, -0.15) is 13.2 Å². The molecule has 3 aromatic rings. The molecule has 10 heteroatoms. The molecule has 4 aliphatic rings. The van der Waals surface area contributed by atoms with Crippen molar-refractivity contribution in [3.8, 4) is 5.69 Å². The number of nitrogens with zero attached hydrogens (tertiary/aromatic N) is 4. The van der Waals surface area contributed by atoms with Crippen molar-refractivity contribution < 1.29 is 22.0 Å². The molecule has 2 aromatic heterocycles. The van der Waals surface area contributed by atoms with E-state index in [0.717, 1.165) is 23.5 Å². The molecule has 0 spiro atoms. The summed E-state index contributed by atoms with van der Waals surface area (Å²) in [6, 6.07) is 2.69. The second-order valence-corrected chi connectivity index (χ2v) is 13.8. The van der Waals surface area contributed by atoms with E-state index in [0.29, 0.717) is 42.4 Å². The Morgan fingerprint density at radius 3 is 2.21 bits per heavy atom. The van der Waals surface area contributed by atoms with Crippen LogP contribution in [-0.2, 0) is 10.8 Å². The number of fused-ring (bicyclic) bond motifs is 1. The van der Waals surface area contributed by atoms with Gasteiger partial charge in [-0.15, -0.1) is 11.3 Å². The van der Waals surface area contributed by atoms with Crippen LogP contribution in [-0.4, -0.2) is 33.8 Å². The minimum atomic E-state index is -4.45. The maximum atomic E-state index is 16.2. The Morgan fingerprint density at radius 1 is 1.00 bits per heavy atom. The third-order valence-electron chi connectivity index (χ3n) is 9.13. The summed E-state index contributed by atoms with van der Waals surface area (Å²) in [5.41, 5.74) is -0.821. The first-order chi connectivity index (χ1) is 18.3. The lowest BCUT2D eigenvalue weighted by molar-refractivity contribution is -0.161. The number of hydrogen-bond donors (Lipinski definition) is 0. The zero-order valence-electron chi connectivity index (χ0n) is 22.4. The first kappa shape index (κ1) is 25.5. The largest absolute Gasteiger partial charge is 0.400 e. The number of aromatic nitrogens is 3. The van der Waals surface area contributed by atoms with Crippen LogP contribution in [0.4, 0.5) is 27.6 Å². The van der Waals surface area contributed by atoms with Gasteiger partial charge in [0, 0.05) is 41.4 Å². The molecule has 3 heterocycles. The number of rotatable bonds is 5. The topological polar surface area (TPSA) is 34.0 Å². The lowest BCUT2D eigenvalue weighted by Gasteiger charge is -2.24. The van der Waals surface area contributed by atoms with Crippen molar-refractivity contribution in [1.29, 1.82) is 0 Å². The van der Waals surface area contributed by atoms with Crippen LogP contribution >= 0.6 is 11.3 Å². The standard InChI is InChI=1S/C29H31F5N4S/c1-14-24(28(9-10-28)29(32,33)34)36-25(15-5-6-15)38(14)23-18(30)7-8-20(22(23)31)37-11-16-17(12-37)21(16)19-13-39-26(35-19)27(2,3)4/h7-8,13,15-17,21H,5-6,9-12H2,1-4H3. The Balaban J connectivity index is 1.21. The van der Waals surface area contributed by atoms with Crippen molar-refractivity contribution in [3.63, 3.8) is 0 Å². The SMILES string of the molecule is Cc1c(C2(C(F)(F)F)CC2)nc(C2CC2)n1-c1c(F)ccc(N2CC3C(C2)C3c2csc(C(C)(C)C)n2)c1F. The van der Waals surface area contributed by atoms with Crippen LogP contribution in [0, 0.1) is 30.4 Å². The van der Waals surface area contributed by atoms with Crippen LogP contribution in [0.15, 0.2) is 17.5 Å². The monoisotopic (exact) mass is 562 g/mol. The van der Waals surface area contributed by atoms with E-state index >= 15 is 8.78 Å². The van der Waals surface area contributed by atoms with Crippen LogP contribution in [0.2, 0.25) is 0 Å².